The number of hydrogen-bond donors (Lipinski definition) is 1. The predicted octanol–water partition coefficient (Wildman–Crippen LogP) is 2.04. The fourth-order valence-corrected chi connectivity index (χ4v) is 3.23. The van der Waals surface area contributed by atoms with Crippen molar-refractivity contribution in [3.63, 3.8) is 0 Å². The number of hydrogen-bond acceptors (Lipinski definition) is 3. The van der Waals surface area contributed by atoms with E-state index in [0.717, 1.165) is 19.5 Å². The minimum absolute atomic E-state index is 0.0882. The fourth-order valence-electron chi connectivity index (χ4n) is 3.23. The molecule has 0 aromatic carbocycles. The molecule has 1 N–H and O–H groups in total. The summed E-state index contributed by atoms with van der Waals surface area (Å²) in [7, 11) is 0. The lowest BCUT2D eigenvalue weighted by molar-refractivity contribution is -0.0334. The van der Waals surface area contributed by atoms with E-state index in [1.165, 1.54) is 32.2 Å². The third-order valence-electron chi connectivity index (χ3n) is 4.16. The summed E-state index contributed by atoms with van der Waals surface area (Å²) in [6.07, 6.45) is 6.35. The Morgan fingerprint density at radius 1 is 1.35 bits per heavy atom. The molecule has 17 heavy (non-hydrogen) atoms. The Morgan fingerprint density at radius 2 is 2.18 bits per heavy atom. The van der Waals surface area contributed by atoms with Gasteiger partial charge in [0.1, 0.15) is 0 Å². The summed E-state index contributed by atoms with van der Waals surface area (Å²) in [5.41, 5.74) is 0.0882. The molecule has 2 aliphatic heterocycles. The van der Waals surface area contributed by atoms with Crippen LogP contribution in [0.4, 0.5) is 0 Å². The topological polar surface area (TPSA) is 32.7 Å². The van der Waals surface area contributed by atoms with Gasteiger partial charge in [0.2, 0.25) is 0 Å². The number of piperidine rings is 1. The molecule has 2 fully saturated rings. The van der Waals surface area contributed by atoms with Crippen LogP contribution in [-0.2, 0) is 4.74 Å². The van der Waals surface area contributed by atoms with Crippen molar-refractivity contribution in [2.24, 2.45) is 5.92 Å². The molecule has 0 saturated carbocycles. The first kappa shape index (κ1) is 13.3. The van der Waals surface area contributed by atoms with Gasteiger partial charge >= 0.3 is 0 Å². The first-order valence-electron chi connectivity index (χ1n) is 7.10. The van der Waals surface area contributed by atoms with Crippen LogP contribution in [0.1, 0.15) is 46.0 Å². The average molecular weight is 241 g/mol. The number of likely N-dealkylation sites (tertiary alicyclic amines) is 1. The van der Waals surface area contributed by atoms with Gasteiger partial charge in [0.25, 0.3) is 0 Å². The molecule has 0 bridgehead atoms. The summed E-state index contributed by atoms with van der Waals surface area (Å²) in [6.45, 7) is 8.18. The molecule has 0 radical (unpaired) electrons. The standard InChI is InChI=1S/C14H27NO2/c1-14(2)7-5-13(17-14)11-15-8-3-4-12(10-15)6-9-16/h12-13,16H,3-11H2,1-2H3. The zero-order valence-electron chi connectivity index (χ0n) is 11.3. The summed E-state index contributed by atoms with van der Waals surface area (Å²) in [6, 6.07) is 0. The monoisotopic (exact) mass is 241 g/mol. The summed E-state index contributed by atoms with van der Waals surface area (Å²) in [5.74, 6) is 0.697. The van der Waals surface area contributed by atoms with Crippen molar-refractivity contribution in [1.29, 1.82) is 0 Å². The predicted molar refractivity (Wildman–Crippen MR) is 69.1 cm³/mol. The van der Waals surface area contributed by atoms with E-state index in [-0.39, 0.29) is 5.60 Å². The number of aliphatic hydroxyl groups excluding tert-OH is 1. The summed E-state index contributed by atoms with van der Waals surface area (Å²) < 4.78 is 6.06. The largest absolute Gasteiger partial charge is 0.396 e. The molecular weight excluding hydrogens is 214 g/mol. The van der Waals surface area contributed by atoms with Crippen LogP contribution in [0.2, 0.25) is 0 Å². The third-order valence-corrected chi connectivity index (χ3v) is 4.16. The lowest BCUT2D eigenvalue weighted by atomic mass is 9.95. The van der Waals surface area contributed by atoms with Crippen LogP contribution in [0.25, 0.3) is 0 Å². The number of rotatable bonds is 4. The zero-order valence-corrected chi connectivity index (χ0v) is 11.3. The molecular formula is C14H27NO2. The molecule has 0 amide bonds. The smallest absolute Gasteiger partial charge is 0.0710 e. The first-order valence-corrected chi connectivity index (χ1v) is 7.10. The highest BCUT2D eigenvalue weighted by molar-refractivity contribution is 4.84. The number of aliphatic hydroxyl groups is 1. The van der Waals surface area contributed by atoms with Gasteiger partial charge in [-0.05, 0) is 58.4 Å². The van der Waals surface area contributed by atoms with Crippen LogP contribution >= 0.6 is 0 Å². The van der Waals surface area contributed by atoms with Crippen LogP contribution in [0, 0.1) is 5.92 Å². The van der Waals surface area contributed by atoms with Crippen LogP contribution in [0.15, 0.2) is 0 Å². The van der Waals surface area contributed by atoms with Gasteiger partial charge in [-0.2, -0.15) is 0 Å². The van der Waals surface area contributed by atoms with E-state index in [9.17, 15) is 0 Å². The molecule has 0 aliphatic carbocycles. The SMILES string of the molecule is CC1(C)CCC(CN2CCCC(CCO)C2)O1. The summed E-state index contributed by atoms with van der Waals surface area (Å²) in [5, 5.41) is 9.01. The highest BCUT2D eigenvalue weighted by Gasteiger charge is 2.33. The molecule has 0 aromatic rings. The Balaban J connectivity index is 1.75. The highest BCUT2D eigenvalue weighted by atomic mass is 16.5. The molecule has 100 valence electrons. The molecule has 3 nitrogen and oxygen atoms in total. The van der Waals surface area contributed by atoms with E-state index in [2.05, 4.69) is 18.7 Å². The Hall–Kier alpha value is -0.120. The van der Waals surface area contributed by atoms with E-state index in [1.54, 1.807) is 0 Å². The van der Waals surface area contributed by atoms with Gasteiger partial charge < -0.3 is 14.7 Å². The van der Waals surface area contributed by atoms with Crippen LogP contribution < -0.4 is 0 Å². The maximum absolute atomic E-state index is 9.01. The van der Waals surface area contributed by atoms with Crippen molar-refractivity contribution in [3.8, 4) is 0 Å². The van der Waals surface area contributed by atoms with Gasteiger partial charge in [-0.15, -0.1) is 0 Å². The molecule has 2 rings (SSSR count). The van der Waals surface area contributed by atoms with Crippen molar-refractivity contribution >= 4 is 0 Å². The van der Waals surface area contributed by atoms with E-state index in [0.29, 0.717) is 18.6 Å². The van der Waals surface area contributed by atoms with Crippen LogP contribution in [-0.4, -0.2) is 48.0 Å². The maximum Gasteiger partial charge on any atom is 0.0710 e. The second-order valence-corrected chi connectivity index (χ2v) is 6.32. The lowest BCUT2D eigenvalue weighted by Gasteiger charge is -2.34. The summed E-state index contributed by atoms with van der Waals surface area (Å²) >= 11 is 0. The Labute approximate surface area is 105 Å². The van der Waals surface area contributed by atoms with Crippen LogP contribution in [0.5, 0.6) is 0 Å². The van der Waals surface area contributed by atoms with Crippen molar-refractivity contribution in [1.82, 2.24) is 4.90 Å². The van der Waals surface area contributed by atoms with E-state index in [1.807, 2.05) is 0 Å². The van der Waals surface area contributed by atoms with E-state index >= 15 is 0 Å². The van der Waals surface area contributed by atoms with Gasteiger partial charge in [-0.3, -0.25) is 0 Å². The second-order valence-electron chi connectivity index (χ2n) is 6.32. The quantitative estimate of drug-likeness (QED) is 0.817. The average Bonchev–Trinajstić information content (AvgIpc) is 2.59. The molecule has 0 spiro atoms. The Morgan fingerprint density at radius 3 is 2.82 bits per heavy atom. The van der Waals surface area contributed by atoms with Gasteiger partial charge in [0.15, 0.2) is 0 Å². The number of nitrogens with zero attached hydrogens (tertiary/aromatic N) is 1. The maximum atomic E-state index is 9.01. The third kappa shape index (κ3) is 3.94. The summed E-state index contributed by atoms with van der Waals surface area (Å²) in [4.78, 5) is 2.54. The van der Waals surface area contributed by atoms with E-state index < -0.39 is 0 Å². The van der Waals surface area contributed by atoms with Crippen molar-refractivity contribution < 1.29 is 9.84 Å². The molecule has 2 saturated heterocycles. The van der Waals surface area contributed by atoms with Crippen LogP contribution in [0.3, 0.4) is 0 Å². The molecule has 3 heteroatoms. The molecule has 2 aliphatic rings. The highest BCUT2D eigenvalue weighted by Crippen LogP contribution is 2.30. The second kappa shape index (κ2) is 5.68. The number of ether oxygens (including phenoxy) is 1. The lowest BCUT2D eigenvalue weighted by Crippen LogP contribution is -2.40. The minimum atomic E-state index is 0.0882. The van der Waals surface area contributed by atoms with Gasteiger partial charge in [0, 0.05) is 19.7 Å². The minimum Gasteiger partial charge on any atom is -0.396 e. The van der Waals surface area contributed by atoms with Crippen molar-refractivity contribution in [2.75, 3.05) is 26.2 Å². The van der Waals surface area contributed by atoms with E-state index in [4.69, 9.17) is 9.84 Å². The molecule has 0 aromatic heterocycles. The molecule has 2 unspecified atom stereocenters. The zero-order chi connectivity index (χ0) is 12.3. The van der Waals surface area contributed by atoms with Gasteiger partial charge in [-0.25, -0.2) is 0 Å². The first-order chi connectivity index (χ1) is 8.09. The van der Waals surface area contributed by atoms with Gasteiger partial charge in [0.05, 0.1) is 11.7 Å². The van der Waals surface area contributed by atoms with Crippen molar-refractivity contribution in [2.45, 2.75) is 57.7 Å². The normalized spacial score (nSPS) is 34.1. The van der Waals surface area contributed by atoms with Crippen molar-refractivity contribution in [3.05, 3.63) is 0 Å². The molecule has 2 atom stereocenters. The fraction of sp³-hybridized carbons (Fsp3) is 1.00. The Kier molecular flexibility index (Phi) is 4.45. The Bertz CT molecular complexity index is 240. The molecule has 2 heterocycles. The van der Waals surface area contributed by atoms with Gasteiger partial charge in [-0.1, -0.05) is 0 Å².